The van der Waals surface area contributed by atoms with Crippen LogP contribution in [0.5, 0.6) is 0 Å². The van der Waals surface area contributed by atoms with E-state index in [1.54, 1.807) is 0 Å². The van der Waals surface area contributed by atoms with E-state index in [0.29, 0.717) is 0 Å². The second kappa shape index (κ2) is 5.00. The molecule has 20 heavy (non-hydrogen) atoms. The summed E-state index contributed by atoms with van der Waals surface area (Å²) in [5.41, 5.74) is 2.34. The molecule has 1 saturated carbocycles. The van der Waals surface area contributed by atoms with E-state index in [1.807, 2.05) is 23.6 Å². The largest absolute Gasteiger partial charge is 0.309 e. The van der Waals surface area contributed by atoms with Gasteiger partial charge in [-0.3, -0.25) is 4.98 Å². The number of para-hydroxylation sites is 1. The summed E-state index contributed by atoms with van der Waals surface area (Å²) in [6.45, 7) is 0.994. The number of pyridine rings is 1. The molecule has 1 aliphatic rings. The van der Waals surface area contributed by atoms with Gasteiger partial charge in [0.2, 0.25) is 0 Å². The Labute approximate surface area is 122 Å². The lowest BCUT2D eigenvalue weighted by molar-refractivity contribution is 0.695. The number of hydrogen-bond acceptors (Lipinski definition) is 3. The second-order valence-corrected chi connectivity index (χ2v) is 6.47. The van der Waals surface area contributed by atoms with E-state index < -0.39 is 0 Å². The van der Waals surface area contributed by atoms with E-state index in [0.717, 1.165) is 18.1 Å². The Morgan fingerprint density at radius 1 is 1.10 bits per heavy atom. The fraction of sp³-hybridized carbons (Fsp3) is 0.235. The molecule has 3 aromatic rings. The predicted octanol–water partition coefficient (Wildman–Crippen LogP) is 4.22. The van der Waals surface area contributed by atoms with Gasteiger partial charge in [-0.15, -0.1) is 11.3 Å². The first-order valence-corrected chi connectivity index (χ1v) is 7.88. The number of benzene rings is 1. The highest BCUT2D eigenvalue weighted by Gasteiger charge is 2.20. The van der Waals surface area contributed by atoms with E-state index in [-0.39, 0.29) is 0 Å². The molecule has 0 bridgehead atoms. The van der Waals surface area contributed by atoms with Gasteiger partial charge in [0.15, 0.2) is 0 Å². The molecule has 1 N–H and O–H groups in total. The lowest BCUT2D eigenvalue weighted by atomic mass is 10.1. The monoisotopic (exact) mass is 280 g/mol. The Balaban J connectivity index is 1.67. The van der Waals surface area contributed by atoms with Crippen molar-refractivity contribution in [3.05, 3.63) is 53.5 Å². The van der Waals surface area contributed by atoms with Gasteiger partial charge < -0.3 is 5.32 Å². The molecule has 1 aliphatic carbocycles. The van der Waals surface area contributed by atoms with Crippen molar-refractivity contribution in [2.24, 2.45) is 0 Å². The third-order valence-corrected chi connectivity index (χ3v) is 4.82. The van der Waals surface area contributed by atoms with Gasteiger partial charge >= 0.3 is 0 Å². The van der Waals surface area contributed by atoms with Crippen molar-refractivity contribution in [2.75, 3.05) is 0 Å². The van der Waals surface area contributed by atoms with Crippen LogP contribution in [0.1, 0.15) is 17.7 Å². The molecule has 0 aliphatic heterocycles. The van der Waals surface area contributed by atoms with Crippen LogP contribution in [0.4, 0.5) is 0 Å². The summed E-state index contributed by atoms with van der Waals surface area (Å²) in [6.07, 6.45) is 4.55. The highest BCUT2D eigenvalue weighted by atomic mass is 32.1. The van der Waals surface area contributed by atoms with Crippen molar-refractivity contribution in [3.63, 3.8) is 0 Å². The first-order valence-electron chi connectivity index (χ1n) is 7.06. The van der Waals surface area contributed by atoms with Gasteiger partial charge in [-0.1, -0.05) is 24.3 Å². The lowest BCUT2D eigenvalue weighted by Gasteiger charge is -2.03. The molecule has 4 rings (SSSR count). The van der Waals surface area contributed by atoms with E-state index in [1.165, 1.54) is 33.5 Å². The van der Waals surface area contributed by atoms with Gasteiger partial charge in [0.1, 0.15) is 0 Å². The Bertz CT molecular complexity index is 738. The first-order chi connectivity index (χ1) is 9.90. The zero-order valence-corrected chi connectivity index (χ0v) is 12.0. The molecule has 0 saturated heterocycles. The first kappa shape index (κ1) is 12.1. The van der Waals surface area contributed by atoms with E-state index >= 15 is 0 Å². The SMILES string of the molecule is c1cnc2c(-c3ccc(CNC4CC4)s3)cccc2c1. The van der Waals surface area contributed by atoms with Crippen LogP contribution in [0.25, 0.3) is 21.3 Å². The van der Waals surface area contributed by atoms with Crippen LogP contribution >= 0.6 is 11.3 Å². The van der Waals surface area contributed by atoms with Gasteiger partial charge in [0.05, 0.1) is 5.52 Å². The summed E-state index contributed by atoms with van der Waals surface area (Å²) >= 11 is 1.87. The van der Waals surface area contributed by atoms with Gasteiger partial charge in [0.25, 0.3) is 0 Å². The third kappa shape index (κ3) is 2.35. The number of nitrogens with zero attached hydrogens (tertiary/aromatic N) is 1. The second-order valence-electron chi connectivity index (χ2n) is 5.30. The molecular formula is C17H16N2S. The predicted molar refractivity (Wildman–Crippen MR) is 84.9 cm³/mol. The average Bonchev–Trinajstić information content (AvgIpc) is 3.21. The molecular weight excluding hydrogens is 264 g/mol. The van der Waals surface area contributed by atoms with Crippen LogP contribution in [0.3, 0.4) is 0 Å². The van der Waals surface area contributed by atoms with Crippen LogP contribution < -0.4 is 5.32 Å². The Morgan fingerprint density at radius 3 is 2.90 bits per heavy atom. The molecule has 0 atom stereocenters. The van der Waals surface area contributed by atoms with Crippen molar-refractivity contribution in [2.45, 2.75) is 25.4 Å². The summed E-state index contributed by atoms with van der Waals surface area (Å²) in [4.78, 5) is 7.25. The van der Waals surface area contributed by atoms with Gasteiger partial charge in [-0.25, -0.2) is 0 Å². The number of nitrogens with one attached hydrogen (secondary N) is 1. The van der Waals surface area contributed by atoms with Gasteiger partial charge in [-0.2, -0.15) is 0 Å². The molecule has 2 aromatic heterocycles. The molecule has 0 amide bonds. The maximum atomic E-state index is 4.54. The Kier molecular flexibility index (Phi) is 3.02. The zero-order chi connectivity index (χ0) is 13.4. The van der Waals surface area contributed by atoms with Gasteiger partial charge in [-0.05, 0) is 31.0 Å². The smallest absolute Gasteiger partial charge is 0.0788 e. The minimum atomic E-state index is 0.764. The molecule has 3 heteroatoms. The van der Waals surface area contributed by atoms with E-state index in [4.69, 9.17) is 0 Å². The van der Waals surface area contributed by atoms with Gasteiger partial charge in [0, 0.05) is 39.5 Å². The maximum Gasteiger partial charge on any atom is 0.0788 e. The molecule has 100 valence electrons. The fourth-order valence-corrected chi connectivity index (χ4v) is 3.44. The molecule has 0 radical (unpaired) electrons. The van der Waals surface area contributed by atoms with Crippen molar-refractivity contribution in [1.82, 2.24) is 10.3 Å². The topological polar surface area (TPSA) is 24.9 Å². The number of hydrogen-bond donors (Lipinski definition) is 1. The van der Waals surface area contributed by atoms with Crippen molar-refractivity contribution < 1.29 is 0 Å². The van der Waals surface area contributed by atoms with Crippen LogP contribution in [-0.4, -0.2) is 11.0 Å². The summed E-state index contributed by atoms with van der Waals surface area (Å²) in [5.74, 6) is 0. The maximum absolute atomic E-state index is 4.54. The van der Waals surface area contributed by atoms with Crippen molar-refractivity contribution in [3.8, 4) is 10.4 Å². The van der Waals surface area contributed by atoms with Crippen LogP contribution in [-0.2, 0) is 6.54 Å². The molecule has 1 fully saturated rings. The minimum Gasteiger partial charge on any atom is -0.309 e. The number of fused-ring (bicyclic) bond motifs is 1. The van der Waals surface area contributed by atoms with Crippen LogP contribution in [0, 0.1) is 0 Å². The average molecular weight is 280 g/mol. The van der Waals surface area contributed by atoms with E-state index in [9.17, 15) is 0 Å². The van der Waals surface area contributed by atoms with Crippen molar-refractivity contribution >= 4 is 22.2 Å². The van der Waals surface area contributed by atoms with E-state index in [2.05, 4.69) is 46.7 Å². The van der Waals surface area contributed by atoms with Crippen LogP contribution in [0.15, 0.2) is 48.7 Å². The third-order valence-electron chi connectivity index (χ3n) is 3.70. The number of rotatable bonds is 4. The highest BCUT2D eigenvalue weighted by Crippen LogP contribution is 2.33. The van der Waals surface area contributed by atoms with Crippen LogP contribution in [0.2, 0.25) is 0 Å². The summed E-state index contributed by atoms with van der Waals surface area (Å²) in [6, 6.07) is 15.7. The molecule has 2 heterocycles. The molecule has 2 nitrogen and oxygen atoms in total. The summed E-state index contributed by atoms with van der Waals surface area (Å²) in [7, 11) is 0. The molecule has 0 unspecified atom stereocenters. The fourth-order valence-electron chi connectivity index (χ4n) is 2.45. The Morgan fingerprint density at radius 2 is 2.00 bits per heavy atom. The lowest BCUT2D eigenvalue weighted by Crippen LogP contribution is -2.14. The Hall–Kier alpha value is -1.71. The normalized spacial score (nSPS) is 14.8. The summed E-state index contributed by atoms with van der Waals surface area (Å²) in [5, 5.41) is 4.77. The molecule has 0 spiro atoms. The highest BCUT2D eigenvalue weighted by molar-refractivity contribution is 7.15. The van der Waals surface area contributed by atoms with Crippen molar-refractivity contribution in [1.29, 1.82) is 0 Å². The summed E-state index contributed by atoms with van der Waals surface area (Å²) < 4.78 is 0. The molecule has 1 aromatic carbocycles. The standard InChI is InChI=1S/C17H16N2S/c1-3-12-4-2-10-18-17(12)15(5-1)16-9-8-14(20-16)11-19-13-6-7-13/h1-5,8-10,13,19H,6-7,11H2. The quantitative estimate of drug-likeness (QED) is 0.774. The number of aromatic nitrogens is 1. The minimum absolute atomic E-state index is 0.764. The zero-order valence-electron chi connectivity index (χ0n) is 11.2. The number of thiophene rings is 1.